The molecule has 0 radical (unpaired) electrons. The van der Waals surface area contributed by atoms with Gasteiger partial charge >= 0.3 is 6.09 Å². The van der Waals surface area contributed by atoms with Crippen LogP contribution in [0.1, 0.15) is 53.5 Å². The minimum Gasteiger partial charge on any atom is -0.489 e. The SMILES string of the molecule is Cc1cc(-c2ccnc(Cl)n2)ccc1OC[C@](C)(CC(C)C)OC(=O)NC(C)(C)C. The maximum absolute atomic E-state index is 12.4. The van der Waals surface area contributed by atoms with Crippen LogP contribution in [0.3, 0.4) is 0 Å². The number of hydrogen-bond donors (Lipinski definition) is 1. The average molecular weight is 434 g/mol. The Kier molecular flexibility index (Phi) is 7.70. The van der Waals surface area contributed by atoms with Crippen molar-refractivity contribution < 1.29 is 14.3 Å². The number of rotatable bonds is 7. The molecular weight excluding hydrogens is 402 g/mol. The number of ether oxygens (including phenoxy) is 2. The van der Waals surface area contributed by atoms with Crippen molar-refractivity contribution in [3.05, 3.63) is 41.3 Å². The standard InChI is InChI=1S/C23H32ClN3O3/c1-15(2)13-23(7,30-21(28)27-22(4,5)6)14-29-19-9-8-17(12-16(19)3)18-10-11-25-20(24)26-18/h8-12,15H,13-14H2,1-7H3,(H,27,28)/t23-/m0/s1. The van der Waals surface area contributed by atoms with Gasteiger partial charge < -0.3 is 14.8 Å². The molecule has 1 aromatic carbocycles. The van der Waals surface area contributed by atoms with Crippen molar-refractivity contribution in [2.24, 2.45) is 5.92 Å². The third-order valence-corrected chi connectivity index (χ3v) is 4.47. The van der Waals surface area contributed by atoms with E-state index in [4.69, 9.17) is 21.1 Å². The number of amides is 1. The molecule has 0 aliphatic rings. The van der Waals surface area contributed by atoms with Gasteiger partial charge in [-0.1, -0.05) is 13.8 Å². The summed E-state index contributed by atoms with van der Waals surface area (Å²) in [4.78, 5) is 20.5. The van der Waals surface area contributed by atoms with Crippen LogP contribution in [-0.4, -0.2) is 33.8 Å². The summed E-state index contributed by atoms with van der Waals surface area (Å²) in [6.45, 7) is 14.1. The van der Waals surface area contributed by atoms with Crippen LogP contribution in [-0.2, 0) is 4.74 Å². The van der Waals surface area contributed by atoms with Crippen LogP contribution in [0.5, 0.6) is 5.75 Å². The number of aryl methyl sites for hydroxylation is 1. The molecule has 6 nitrogen and oxygen atoms in total. The smallest absolute Gasteiger partial charge is 0.408 e. The molecule has 0 bridgehead atoms. The third kappa shape index (κ3) is 7.48. The lowest BCUT2D eigenvalue weighted by atomic mass is 9.95. The largest absolute Gasteiger partial charge is 0.489 e. The Labute approximate surface area is 184 Å². The van der Waals surface area contributed by atoms with E-state index in [-0.39, 0.29) is 17.4 Å². The van der Waals surface area contributed by atoms with E-state index in [1.165, 1.54) is 0 Å². The summed E-state index contributed by atoms with van der Waals surface area (Å²) < 4.78 is 11.9. The lowest BCUT2D eigenvalue weighted by molar-refractivity contribution is -0.0251. The van der Waals surface area contributed by atoms with E-state index in [9.17, 15) is 4.79 Å². The van der Waals surface area contributed by atoms with Gasteiger partial charge in [-0.25, -0.2) is 14.8 Å². The first-order valence-corrected chi connectivity index (χ1v) is 10.5. The summed E-state index contributed by atoms with van der Waals surface area (Å²) in [6.07, 6.45) is 1.87. The number of halogens is 1. The van der Waals surface area contributed by atoms with E-state index in [1.807, 2.05) is 58.9 Å². The molecule has 0 aliphatic carbocycles. The van der Waals surface area contributed by atoms with Crippen molar-refractivity contribution in [2.45, 2.75) is 66.0 Å². The van der Waals surface area contributed by atoms with E-state index in [0.717, 1.165) is 22.6 Å². The van der Waals surface area contributed by atoms with Gasteiger partial charge in [0.15, 0.2) is 0 Å². The first-order valence-electron chi connectivity index (χ1n) is 10.1. The Balaban J connectivity index is 2.13. The summed E-state index contributed by atoms with van der Waals surface area (Å²) in [6, 6.07) is 7.61. The van der Waals surface area contributed by atoms with Crippen LogP contribution in [0.25, 0.3) is 11.3 Å². The molecule has 0 fully saturated rings. The van der Waals surface area contributed by atoms with Crippen molar-refractivity contribution in [3.8, 4) is 17.0 Å². The van der Waals surface area contributed by atoms with Gasteiger partial charge in [0.1, 0.15) is 18.0 Å². The number of hydrogen-bond acceptors (Lipinski definition) is 5. The third-order valence-electron chi connectivity index (χ3n) is 4.29. The molecule has 0 spiro atoms. The molecule has 0 unspecified atom stereocenters. The maximum Gasteiger partial charge on any atom is 0.408 e. The van der Waals surface area contributed by atoms with Crippen molar-refractivity contribution >= 4 is 17.7 Å². The number of nitrogens with zero attached hydrogens (tertiary/aromatic N) is 2. The van der Waals surface area contributed by atoms with E-state index in [2.05, 4.69) is 29.1 Å². The Hall–Kier alpha value is -2.34. The fourth-order valence-electron chi connectivity index (χ4n) is 3.25. The Morgan fingerprint density at radius 1 is 1.20 bits per heavy atom. The van der Waals surface area contributed by atoms with Gasteiger partial charge in [0.25, 0.3) is 0 Å². The zero-order valence-electron chi connectivity index (χ0n) is 18.9. The number of nitrogens with one attached hydrogen (secondary N) is 1. The van der Waals surface area contributed by atoms with Crippen molar-refractivity contribution in [2.75, 3.05) is 6.61 Å². The molecule has 1 heterocycles. The zero-order valence-corrected chi connectivity index (χ0v) is 19.6. The van der Waals surface area contributed by atoms with Crippen LogP contribution in [0.2, 0.25) is 5.28 Å². The van der Waals surface area contributed by atoms with Gasteiger partial charge in [-0.3, -0.25) is 0 Å². The fraction of sp³-hybridized carbons (Fsp3) is 0.522. The van der Waals surface area contributed by atoms with E-state index < -0.39 is 11.7 Å². The molecule has 30 heavy (non-hydrogen) atoms. The molecule has 0 saturated carbocycles. The molecule has 2 aromatic rings. The Morgan fingerprint density at radius 3 is 2.47 bits per heavy atom. The summed E-state index contributed by atoms with van der Waals surface area (Å²) in [5, 5.41) is 3.06. The summed E-state index contributed by atoms with van der Waals surface area (Å²) >= 11 is 5.90. The Morgan fingerprint density at radius 2 is 1.90 bits per heavy atom. The Bertz CT molecular complexity index is 880. The number of carbonyl (C=O) groups is 1. The second-order valence-electron chi connectivity index (χ2n) is 9.29. The number of aromatic nitrogens is 2. The van der Waals surface area contributed by atoms with Crippen LogP contribution >= 0.6 is 11.6 Å². The summed E-state index contributed by atoms with van der Waals surface area (Å²) in [5.41, 5.74) is 1.50. The second kappa shape index (κ2) is 9.65. The van der Waals surface area contributed by atoms with Gasteiger partial charge in [-0.2, -0.15) is 0 Å². The highest BCUT2D eigenvalue weighted by Gasteiger charge is 2.32. The maximum atomic E-state index is 12.4. The lowest BCUT2D eigenvalue weighted by Crippen LogP contribution is -2.47. The number of benzene rings is 1. The monoisotopic (exact) mass is 433 g/mol. The van der Waals surface area contributed by atoms with E-state index in [0.29, 0.717) is 12.3 Å². The van der Waals surface area contributed by atoms with Gasteiger partial charge in [-0.15, -0.1) is 0 Å². The topological polar surface area (TPSA) is 73.3 Å². The minimum absolute atomic E-state index is 0.209. The lowest BCUT2D eigenvalue weighted by Gasteiger charge is -2.33. The number of alkyl carbamates (subject to hydrolysis) is 1. The molecule has 0 aliphatic heterocycles. The second-order valence-corrected chi connectivity index (χ2v) is 9.63. The highest BCUT2D eigenvalue weighted by Crippen LogP contribution is 2.28. The molecule has 0 saturated heterocycles. The van der Waals surface area contributed by atoms with E-state index in [1.54, 1.807) is 6.20 Å². The first-order chi connectivity index (χ1) is 13.9. The van der Waals surface area contributed by atoms with Crippen molar-refractivity contribution in [1.29, 1.82) is 0 Å². The molecule has 164 valence electrons. The molecule has 1 aromatic heterocycles. The quantitative estimate of drug-likeness (QED) is 0.557. The van der Waals surface area contributed by atoms with Crippen LogP contribution < -0.4 is 10.1 Å². The molecule has 7 heteroatoms. The molecular formula is C23H32ClN3O3. The minimum atomic E-state index is -0.755. The van der Waals surface area contributed by atoms with Crippen LogP contribution in [0.4, 0.5) is 4.79 Å². The number of carbonyl (C=O) groups excluding carboxylic acids is 1. The fourth-order valence-corrected chi connectivity index (χ4v) is 3.39. The predicted octanol–water partition coefficient (Wildman–Crippen LogP) is 5.81. The van der Waals surface area contributed by atoms with Crippen molar-refractivity contribution in [3.63, 3.8) is 0 Å². The van der Waals surface area contributed by atoms with Gasteiger partial charge in [0, 0.05) is 17.3 Å². The van der Waals surface area contributed by atoms with Gasteiger partial charge in [-0.05, 0) is 88.4 Å². The summed E-state index contributed by atoms with van der Waals surface area (Å²) in [7, 11) is 0. The van der Waals surface area contributed by atoms with E-state index >= 15 is 0 Å². The average Bonchev–Trinajstić information content (AvgIpc) is 2.58. The van der Waals surface area contributed by atoms with Crippen LogP contribution in [0.15, 0.2) is 30.5 Å². The zero-order chi connectivity index (χ0) is 22.5. The molecule has 1 atom stereocenters. The normalized spacial score (nSPS) is 13.6. The van der Waals surface area contributed by atoms with Crippen molar-refractivity contribution in [1.82, 2.24) is 15.3 Å². The molecule has 2 rings (SSSR count). The first kappa shape index (κ1) is 23.9. The van der Waals surface area contributed by atoms with Gasteiger partial charge in [0.05, 0.1) is 5.69 Å². The van der Waals surface area contributed by atoms with Gasteiger partial charge in [0.2, 0.25) is 5.28 Å². The molecule has 1 amide bonds. The van der Waals surface area contributed by atoms with Crippen LogP contribution in [0, 0.1) is 12.8 Å². The predicted molar refractivity (Wildman–Crippen MR) is 120 cm³/mol. The molecule has 1 N–H and O–H groups in total. The highest BCUT2D eigenvalue weighted by atomic mass is 35.5. The highest BCUT2D eigenvalue weighted by molar-refractivity contribution is 6.28. The summed E-state index contributed by atoms with van der Waals surface area (Å²) in [5.74, 6) is 1.07.